The number of hydrogen-bond donors (Lipinski definition) is 2. The van der Waals surface area contributed by atoms with Gasteiger partial charge in [-0.05, 0) is 34.8 Å². The van der Waals surface area contributed by atoms with Gasteiger partial charge in [0.1, 0.15) is 5.69 Å². The van der Waals surface area contributed by atoms with Crippen molar-refractivity contribution in [2.24, 2.45) is 10.9 Å². The number of carbonyl (C=O) groups is 1. The van der Waals surface area contributed by atoms with E-state index in [4.69, 9.17) is 10.5 Å². The Balaban J connectivity index is 2.68. The minimum absolute atomic E-state index is 0.0555. The lowest BCUT2D eigenvalue weighted by Gasteiger charge is -2.10. The van der Waals surface area contributed by atoms with E-state index in [1.165, 1.54) is 25.3 Å². The first-order valence-corrected chi connectivity index (χ1v) is 5.36. The molecule has 19 heavy (non-hydrogen) atoms. The van der Waals surface area contributed by atoms with Crippen molar-refractivity contribution in [2.45, 2.75) is 6.10 Å². The standard InChI is InChI=1S/C12H11N3O4/c1-19-12-8-3-2-7(15-18)4-6(8)5-9(14-12)10(16)11(13)17/h2-5,10,16H,1H3,(H2,13,17). The molecule has 1 unspecified atom stereocenters. The molecule has 2 aromatic rings. The lowest BCUT2D eigenvalue weighted by molar-refractivity contribution is -0.126. The molecule has 3 N–H and O–H groups in total. The highest BCUT2D eigenvalue weighted by Crippen LogP contribution is 2.29. The summed E-state index contributed by atoms with van der Waals surface area (Å²) in [6.07, 6.45) is -1.54. The summed E-state index contributed by atoms with van der Waals surface area (Å²) in [6.45, 7) is 0. The van der Waals surface area contributed by atoms with E-state index in [0.29, 0.717) is 10.8 Å². The number of carbonyl (C=O) groups excluding carboxylic acids is 1. The van der Waals surface area contributed by atoms with Gasteiger partial charge >= 0.3 is 0 Å². The monoisotopic (exact) mass is 261 g/mol. The molecule has 0 aliphatic rings. The van der Waals surface area contributed by atoms with Gasteiger partial charge < -0.3 is 15.6 Å². The Morgan fingerprint density at radius 1 is 1.47 bits per heavy atom. The minimum Gasteiger partial charge on any atom is -0.481 e. The Kier molecular flexibility index (Phi) is 3.39. The van der Waals surface area contributed by atoms with Gasteiger partial charge in [0.2, 0.25) is 5.88 Å². The van der Waals surface area contributed by atoms with E-state index in [1.807, 2.05) is 0 Å². The average molecular weight is 261 g/mol. The van der Waals surface area contributed by atoms with Gasteiger partial charge in [0.25, 0.3) is 5.91 Å². The van der Waals surface area contributed by atoms with Gasteiger partial charge in [0.05, 0.1) is 12.8 Å². The molecule has 1 atom stereocenters. The number of rotatable bonds is 4. The Labute approximate surface area is 108 Å². The van der Waals surface area contributed by atoms with Crippen molar-refractivity contribution in [3.63, 3.8) is 0 Å². The minimum atomic E-state index is -1.54. The number of fused-ring (bicyclic) bond motifs is 1. The van der Waals surface area contributed by atoms with Gasteiger partial charge in [-0.2, -0.15) is 0 Å². The fourth-order valence-electron chi connectivity index (χ4n) is 1.73. The third-order valence-electron chi connectivity index (χ3n) is 2.65. The van der Waals surface area contributed by atoms with Crippen LogP contribution in [0.2, 0.25) is 0 Å². The van der Waals surface area contributed by atoms with Gasteiger partial charge in [-0.25, -0.2) is 4.98 Å². The smallest absolute Gasteiger partial charge is 0.252 e. The second-order valence-corrected chi connectivity index (χ2v) is 3.86. The summed E-state index contributed by atoms with van der Waals surface area (Å²) in [4.78, 5) is 25.5. The number of aliphatic hydroxyl groups excluding tert-OH is 1. The summed E-state index contributed by atoms with van der Waals surface area (Å²) in [5.74, 6) is -0.691. The summed E-state index contributed by atoms with van der Waals surface area (Å²) in [5.41, 5.74) is 5.30. The van der Waals surface area contributed by atoms with Crippen molar-refractivity contribution in [2.75, 3.05) is 7.11 Å². The van der Waals surface area contributed by atoms with E-state index in [1.54, 1.807) is 6.07 Å². The van der Waals surface area contributed by atoms with Crippen molar-refractivity contribution in [1.82, 2.24) is 4.98 Å². The first-order valence-electron chi connectivity index (χ1n) is 5.36. The number of ether oxygens (including phenoxy) is 1. The van der Waals surface area contributed by atoms with E-state index in [0.717, 1.165) is 0 Å². The molecule has 0 saturated heterocycles. The first-order chi connectivity index (χ1) is 9.06. The van der Waals surface area contributed by atoms with Crippen molar-refractivity contribution >= 4 is 22.4 Å². The molecular weight excluding hydrogens is 250 g/mol. The van der Waals surface area contributed by atoms with E-state index in [9.17, 15) is 14.8 Å². The molecule has 0 radical (unpaired) electrons. The zero-order chi connectivity index (χ0) is 14.0. The lowest BCUT2D eigenvalue weighted by atomic mass is 10.1. The molecule has 0 fully saturated rings. The van der Waals surface area contributed by atoms with Crippen LogP contribution in [0, 0.1) is 4.91 Å². The van der Waals surface area contributed by atoms with Crippen LogP contribution in [0.25, 0.3) is 10.8 Å². The topological polar surface area (TPSA) is 115 Å². The summed E-state index contributed by atoms with van der Waals surface area (Å²) in [7, 11) is 1.41. The Bertz CT molecular complexity index is 657. The second-order valence-electron chi connectivity index (χ2n) is 3.86. The summed E-state index contributed by atoms with van der Waals surface area (Å²) >= 11 is 0. The summed E-state index contributed by atoms with van der Waals surface area (Å²) in [6, 6.07) is 6.10. The van der Waals surface area contributed by atoms with Crippen molar-refractivity contribution in [3.05, 3.63) is 34.9 Å². The normalized spacial score (nSPS) is 12.1. The molecule has 0 aliphatic heterocycles. The predicted octanol–water partition coefficient (Wildman–Crippen LogP) is 1.16. The quantitative estimate of drug-likeness (QED) is 0.801. The van der Waals surface area contributed by atoms with Crippen LogP contribution >= 0.6 is 0 Å². The second kappa shape index (κ2) is 4.99. The number of aromatic nitrogens is 1. The number of pyridine rings is 1. The van der Waals surface area contributed by atoms with Gasteiger partial charge in [0.15, 0.2) is 6.10 Å². The van der Waals surface area contributed by atoms with Crippen LogP contribution < -0.4 is 10.5 Å². The highest BCUT2D eigenvalue weighted by molar-refractivity contribution is 5.90. The maximum absolute atomic E-state index is 11.0. The van der Waals surface area contributed by atoms with Crippen LogP contribution in [-0.4, -0.2) is 23.1 Å². The molecule has 7 heteroatoms. The number of benzene rings is 1. The Hall–Kier alpha value is -2.54. The molecule has 1 amide bonds. The molecule has 1 aromatic carbocycles. The van der Waals surface area contributed by atoms with Crippen LogP contribution in [0.1, 0.15) is 11.8 Å². The highest BCUT2D eigenvalue weighted by atomic mass is 16.5. The van der Waals surface area contributed by atoms with E-state index >= 15 is 0 Å². The average Bonchev–Trinajstić information content (AvgIpc) is 2.44. The lowest BCUT2D eigenvalue weighted by Crippen LogP contribution is -2.21. The first kappa shape index (κ1) is 12.9. The zero-order valence-electron chi connectivity index (χ0n) is 10.0. The van der Waals surface area contributed by atoms with Crippen LogP contribution in [-0.2, 0) is 4.79 Å². The molecule has 0 bridgehead atoms. The van der Waals surface area contributed by atoms with Crippen LogP contribution in [0.4, 0.5) is 5.69 Å². The van der Waals surface area contributed by atoms with E-state index in [-0.39, 0.29) is 17.3 Å². The Morgan fingerprint density at radius 2 is 2.21 bits per heavy atom. The number of nitrogens with zero attached hydrogens (tertiary/aromatic N) is 2. The molecule has 98 valence electrons. The number of methoxy groups -OCH3 is 1. The summed E-state index contributed by atoms with van der Waals surface area (Å²) < 4.78 is 5.09. The van der Waals surface area contributed by atoms with E-state index in [2.05, 4.69) is 10.2 Å². The number of nitroso groups, excluding NO2 is 1. The molecule has 1 heterocycles. The van der Waals surface area contributed by atoms with Crippen LogP contribution in [0.15, 0.2) is 29.4 Å². The fourth-order valence-corrected chi connectivity index (χ4v) is 1.73. The molecular formula is C12H11N3O4. The van der Waals surface area contributed by atoms with Crippen LogP contribution in [0.5, 0.6) is 5.88 Å². The fraction of sp³-hybridized carbons (Fsp3) is 0.167. The van der Waals surface area contributed by atoms with Gasteiger partial charge in [-0.3, -0.25) is 4.79 Å². The van der Waals surface area contributed by atoms with Crippen molar-refractivity contribution in [3.8, 4) is 5.88 Å². The molecule has 7 nitrogen and oxygen atoms in total. The number of nitrogens with two attached hydrogens (primary N) is 1. The van der Waals surface area contributed by atoms with Crippen molar-refractivity contribution in [1.29, 1.82) is 0 Å². The SMILES string of the molecule is COc1nc(C(O)C(N)=O)cc2cc(N=O)ccc12. The van der Waals surface area contributed by atoms with Crippen molar-refractivity contribution < 1.29 is 14.6 Å². The molecule has 0 spiro atoms. The number of aliphatic hydroxyl groups is 1. The van der Waals surface area contributed by atoms with Gasteiger partial charge in [0, 0.05) is 5.39 Å². The van der Waals surface area contributed by atoms with E-state index < -0.39 is 12.0 Å². The predicted molar refractivity (Wildman–Crippen MR) is 67.9 cm³/mol. The largest absolute Gasteiger partial charge is 0.481 e. The van der Waals surface area contributed by atoms with Crippen LogP contribution in [0.3, 0.4) is 0 Å². The summed E-state index contributed by atoms with van der Waals surface area (Å²) in [5, 5.41) is 13.6. The molecule has 1 aromatic heterocycles. The highest BCUT2D eigenvalue weighted by Gasteiger charge is 2.18. The molecule has 2 rings (SSSR count). The number of amides is 1. The zero-order valence-corrected chi connectivity index (χ0v) is 10.0. The third-order valence-corrected chi connectivity index (χ3v) is 2.65. The van der Waals surface area contributed by atoms with Gasteiger partial charge in [-0.15, -0.1) is 4.91 Å². The number of primary amides is 1. The maximum Gasteiger partial charge on any atom is 0.252 e. The number of hydrogen-bond acceptors (Lipinski definition) is 6. The Morgan fingerprint density at radius 3 is 2.79 bits per heavy atom. The van der Waals surface area contributed by atoms with Gasteiger partial charge in [-0.1, -0.05) is 0 Å². The molecule has 0 saturated carbocycles. The molecule has 0 aliphatic carbocycles. The maximum atomic E-state index is 11.0. The third kappa shape index (κ3) is 2.36.